The monoisotopic (exact) mass is 254 g/mol. The van der Waals surface area contributed by atoms with E-state index < -0.39 is 6.10 Å². The van der Waals surface area contributed by atoms with Crippen LogP contribution in [-0.4, -0.2) is 37.0 Å². The number of hydrogen-bond donors (Lipinski definition) is 1. The molecule has 0 amide bonds. The minimum atomic E-state index is -0.601. The van der Waals surface area contributed by atoms with Gasteiger partial charge in [-0.1, -0.05) is 25.2 Å². The standard InChI is InChI=1S/C14H22O4/c1-10-8-11(2)14(16)12(17-3)6-4-5-7-13(15)18-9-10/h4,6,8,11-12,14,16H,5,7,9H2,1-3H3/b6-4+,10-8-/t11-,12-,14+/m0/s1. The van der Waals surface area contributed by atoms with Crippen molar-refractivity contribution in [1.82, 2.24) is 0 Å². The van der Waals surface area contributed by atoms with Gasteiger partial charge in [0.2, 0.25) is 0 Å². The van der Waals surface area contributed by atoms with Crippen LogP contribution in [0.5, 0.6) is 0 Å². The molecule has 1 N–H and O–H groups in total. The number of esters is 1. The lowest BCUT2D eigenvalue weighted by Gasteiger charge is -2.23. The molecule has 0 aromatic rings. The summed E-state index contributed by atoms with van der Waals surface area (Å²) in [6, 6.07) is 0. The van der Waals surface area contributed by atoms with E-state index in [2.05, 4.69) is 0 Å². The van der Waals surface area contributed by atoms with Crippen molar-refractivity contribution in [2.45, 2.75) is 38.9 Å². The van der Waals surface area contributed by atoms with Gasteiger partial charge in [-0.05, 0) is 18.9 Å². The molecular weight excluding hydrogens is 232 g/mol. The highest BCUT2D eigenvalue weighted by Gasteiger charge is 2.21. The van der Waals surface area contributed by atoms with Crippen molar-refractivity contribution in [3.63, 3.8) is 0 Å². The number of methoxy groups -OCH3 is 1. The second-order valence-corrected chi connectivity index (χ2v) is 4.69. The number of cyclic esters (lactones) is 1. The molecule has 18 heavy (non-hydrogen) atoms. The van der Waals surface area contributed by atoms with Crippen LogP contribution < -0.4 is 0 Å². The Kier molecular flexibility index (Phi) is 6.09. The molecule has 0 unspecified atom stereocenters. The van der Waals surface area contributed by atoms with Crippen LogP contribution in [0.25, 0.3) is 0 Å². The highest BCUT2D eigenvalue weighted by Crippen LogP contribution is 2.16. The summed E-state index contributed by atoms with van der Waals surface area (Å²) in [7, 11) is 1.57. The maximum Gasteiger partial charge on any atom is 0.306 e. The van der Waals surface area contributed by atoms with Gasteiger partial charge in [0.05, 0.1) is 6.10 Å². The van der Waals surface area contributed by atoms with Gasteiger partial charge in [-0.15, -0.1) is 0 Å². The number of allylic oxidation sites excluding steroid dienone is 1. The Morgan fingerprint density at radius 1 is 1.50 bits per heavy atom. The number of aliphatic hydroxyl groups is 1. The number of carbonyl (C=O) groups is 1. The van der Waals surface area contributed by atoms with Crippen molar-refractivity contribution in [3.05, 3.63) is 23.8 Å². The molecule has 0 saturated heterocycles. The maximum absolute atomic E-state index is 11.4. The van der Waals surface area contributed by atoms with E-state index in [1.54, 1.807) is 13.2 Å². The zero-order valence-corrected chi connectivity index (χ0v) is 11.3. The summed E-state index contributed by atoms with van der Waals surface area (Å²) in [5.74, 6) is -0.257. The quantitative estimate of drug-likeness (QED) is 0.573. The third-order valence-corrected chi connectivity index (χ3v) is 3.00. The fourth-order valence-corrected chi connectivity index (χ4v) is 1.92. The van der Waals surface area contributed by atoms with Crippen LogP contribution >= 0.6 is 0 Å². The van der Waals surface area contributed by atoms with Gasteiger partial charge in [0, 0.05) is 19.4 Å². The third-order valence-electron chi connectivity index (χ3n) is 3.00. The van der Waals surface area contributed by atoms with Crippen LogP contribution in [0, 0.1) is 5.92 Å². The van der Waals surface area contributed by atoms with Crippen molar-refractivity contribution in [2.75, 3.05) is 13.7 Å². The lowest BCUT2D eigenvalue weighted by molar-refractivity contribution is -0.142. The lowest BCUT2D eigenvalue weighted by Crippen LogP contribution is -2.31. The third kappa shape index (κ3) is 4.63. The number of aliphatic hydroxyl groups excluding tert-OH is 1. The Bertz CT molecular complexity index is 333. The highest BCUT2D eigenvalue weighted by atomic mass is 16.5. The number of carbonyl (C=O) groups excluding carboxylic acids is 1. The van der Waals surface area contributed by atoms with Crippen LogP contribution in [0.15, 0.2) is 23.8 Å². The molecule has 0 radical (unpaired) electrons. The highest BCUT2D eigenvalue weighted by molar-refractivity contribution is 5.69. The minimum absolute atomic E-state index is 0.0577. The zero-order chi connectivity index (χ0) is 13.5. The average molecular weight is 254 g/mol. The van der Waals surface area contributed by atoms with Gasteiger partial charge in [-0.2, -0.15) is 0 Å². The SMILES string of the molecule is CO[C@H]1/C=C/CCC(=O)OC/C(C)=C\[C@H](C)[C@H]1O. The van der Waals surface area contributed by atoms with Crippen LogP contribution in [-0.2, 0) is 14.3 Å². The number of hydrogen-bond acceptors (Lipinski definition) is 4. The van der Waals surface area contributed by atoms with Crippen LogP contribution in [0.3, 0.4) is 0 Å². The second kappa shape index (κ2) is 7.34. The van der Waals surface area contributed by atoms with Crippen molar-refractivity contribution in [3.8, 4) is 0 Å². The largest absolute Gasteiger partial charge is 0.461 e. The van der Waals surface area contributed by atoms with Crippen molar-refractivity contribution in [1.29, 1.82) is 0 Å². The van der Waals surface area contributed by atoms with Crippen LogP contribution in [0.1, 0.15) is 26.7 Å². The van der Waals surface area contributed by atoms with E-state index in [1.807, 2.05) is 26.0 Å². The maximum atomic E-state index is 11.4. The molecule has 0 aliphatic carbocycles. The Balaban J connectivity index is 2.83. The summed E-state index contributed by atoms with van der Waals surface area (Å²) >= 11 is 0. The van der Waals surface area contributed by atoms with Gasteiger partial charge in [-0.3, -0.25) is 4.79 Å². The van der Waals surface area contributed by atoms with Crippen LogP contribution in [0.4, 0.5) is 0 Å². The summed E-state index contributed by atoms with van der Waals surface area (Å²) < 4.78 is 10.4. The van der Waals surface area contributed by atoms with Gasteiger partial charge in [0.15, 0.2) is 0 Å². The molecule has 4 heteroatoms. The number of rotatable bonds is 1. The first-order valence-corrected chi connectivity index (χ1v) is 6.25. The van der Waals surface area contributed by atoms with Crippen LogP contribution in [0.2, 0.25) is 0 Å². The van der Waals surface area contributed by atoms with E-state index in [-0.39, 0.29) is 24.6 Å². The van der Waals surface area contributed by atoms with Gasteiger partial charge in [-0.25, -0.2) is 0 Å². The molecule has 0 spiro atoms. The first-order valence-electron chi connectivity index (χ1n) is 6.25. The average Bonchev–Trinajstić information content (AvgIpc) is 2.34. The molecule has 1 rings (SSSR count). The minimum Gasteiger partial charge on any atom is -0.461 e. The van der Waals surface area contributed by atoms with Crippen molar-refractivity contribution < 1.29 is 19.4 Å². The molecule has 1 aliphatic rings. The van der Waals surface area contributed by atoms with Crippen molar-refractivity contribution in [2.24, 2.45) is 5.92 Å². The van der Waals surface area contributed by atoms with Gasteiger partial charge >= 0.3 is 5.97 Å². The molecule has 1 aliphatic heterocycles. The topological polar surface area (TPSA) is 55.8 Å². The molecule has 1 heterocycles. The fourth-order valence-electron chi connectivity index (χ4n) is 1.92. The van der Waals surface area contributed by atoms with E-state index in [4.69, 9.17) is 9.47 Å². The van der Waals surface area contributed by atoms with E-state index in [9.17, 15) is 9.90 Å². The Morgan fingerprint density at radius 3 is 2.89 bits per heavy atom. The van der Waals surface area contributed by atoms with E-state index in [0.29, 0.717) is 12.8 Å². The number of ether oxygens (including phenoxy) is 2. The zero-order valence-electron chi connectivity index (χ0n) is 11.3. The molecule has 3 atom stereocenters. The summed E-state index contributed by atoms with van der Waals surface area (Å²) in [5.41, 5.74) is 0.939. The molecule has 0 saturated carbocycles. The van der Waals surface area contributed by atoms with E-state index in [1.165, 1.54) is 0 Å². The molecule has 4 nitrogen and oxygen atoms in total. The molecule has 0 fully saturated rings. The molecular formula is C14H22O4. The predicted molar refractivity (Wildman–Crippen MR) is 69.1 cm³/mol. The Labute approximate surface area is 108 Å². The first-order chi connectivity index (χ1) is 8.54. The smallest absolute Gasteiger partial charge is 0.306 e. The summed E-state index contributed by atoms with van der Waals surface area (Å²) in [6.07, 6.45) is 5.58. The van der Waals surface area contributed by atoms with Gasteiger partial charge in [0.25, 0.3) is 0 Å². The molecule has 0 bridgehead atoms. The van der Waals surface area contributed by atoms with Gasteiger partial charge in [0.1, 0.15) is 12.7 Å². The Hall–Kier alpha value is -1.13. The van der Waals surface area contributed by atoms with Gasteiger partial charge < -0.3 is 14.6 Å². The Morgan fingerprint density at radius 2 is 2.22 bits per heavy atom. The van der Waals surface area contributed by atoms with E-state index >= 15 is 0 Å². The second-order valence-electron chi connectivity index (χ2n) is 4.69. The summed E-state index contributed by atoms with van der Waals surface area (Å²) in [4.78, 5) is 11.4. The normalized spacial score (nSPS) is 35.7. The molecule has 0 aromatic heterocycles. The summed E-state index contributed by atoms with van der Waals surface area (Å²) in [5, 5.41) is 10.2. The lowest BCUT2D eigenvalue weighted by atomic mass is 9.96. The molecule has 102 valence electrons. The first kappa shape index (κ1) is 14.9. The fraction of sp³-hybridized carbons (Fsp3) is 0.643. The van der Waals surface area contributed by atoms with E-state index in [0.717, 1.165) is 5.57 Å². The van der Waals surface area contributed by atoms with Crippen molar-refractivity contribution >= 4 is 5.97 Å². The predicted octanol–water partition coefficient (Wildman–Crippen LogP) is 1.84. The molecule has 0 aromatic carbocycles. The summed E-state index contributed by atoms with van der Waals surface area (Å²) in [6.45, 7) is 4.10.